The van der Waals surface area contributed by atoms with Crippen molar-refractivity contribution >= 4 is 22.4 Å². The lowest BCUT2D eigenvalue weighted by Crippen LogP contribution is -2.04. The lowest BCUT2D eigenvalue weighted by atomic mass is 10.2. The van der Waals surface area contributed by atoms with E-state index in [0.29, 0.717) is 12.2 Å². The molecule has 0 amide bonds. The van der Waals surface area contributed by atoms with Crippen molar-refractivity contribution < 1.29 is 9.90 Å². The monoisotopic (exact) mass is 301 g/mol. The predicted octanol–water partition coefficient (Wildman–Crippen LogP) is 2.03. The van der Waals surface area contributed by atoms with E-state index in [-0.39, 0.29) is 5.56 Å². The predicted molar refractivity (Wildman–Crippen MR) is 77.8 cm³/mol. The van der Waals surface area contributed by atoms with Crippen molar-refractivity contribution in [3.05, 3.63) is 53.6 Å². The Hall–Kier alpha value is -2.74. The quantitative estimate of drug-likeness (QED) is 0.749. The van der Waals surface area contributed by atoms with Crippen molar-refractivity contribution in [3.8, 4) is 5.69 Å². The van der Waals surface area contributed by atoms with E-state index < -0.39 is 5.97 Å². The molecule has 0 saturated heterocycles. The van der Waals surface area contributed by atoms with E-state index in [1.807, 2.05) is 0 Å². The van der Waals surface area contributed by atoms with Crippen LogP contribution in [0.4, 0.5) is 5.13 Å². The molecule has 106 valence electrons. The van der Waals surface area contributed by atoms with Gasteiger partial charge < -0.3 is 15.0 Å². The van der Waals surface area contributed by atoms with Gasteiger partial charge in [-0.3, -0.25) is 0 Å². The first-order valence-corrected chi connectivity index (χ1v) is 6.97. The SMILES string of the molecule is O=C(O)c1ccccc1-n1cnc(CNc2nncs2)c1. The van der Waals surface area contributed by atoms with Gasteiger partial charge in [0.2, 0.25) is 5.13 Å². The number of benzene rings is 1. The molecule has 0 radical (unpaired) electrons. The zero-order valence-corrected chi connectivity index (χ0v) is 11.6. The molecular formula is C13H11N5O2S. The minimum absolute atomic E-state index is 0.235. The van der Waals surface area contributed by atoms with Gasteiger partial charge in [-0.15, -0.1) is 10.2 Å². The summed E-state index contributed by atoms with van der Waals surface area (Å²) in [4.78, 5) is 15.5. The summed E-state index contributed by atoms with van der Waals surface area (Å²) < 4.78 is 1.70. The first-order chi connectivity index (χ1) is 10.2. The number of para-hydroxylation sites is 1. The highest BCUT2D eigenvalue weighted by Gasteiger charge is 2.11. The number of aromatic carboxylic acids is 1. The second-order valence-electron chi connectivity index (χ2n) is 4.19. The third-order valence-electron chi connectivity index (χ3n) is 2.83. The number of nitrogens with zero attached hydrogens (tertiary/aromatic N) is 4. The van der Waals surface area contributed by atoms with Crippen LogP contribution in [0.3, 0.4) is 0 Å². The Morgan fingerprint density at radius 3 is 3.00 bits per heavy atom. The molecule has 3 rings (SSSR count). The van der Waals surface area contributed by atoms with Gasteiger partial charge in [0.25, 0.3) is 0 Å². The van der Waals surface area contributed by atoms with E-state index in [1.165, 1.54) is 11.3 Å². The first kappa shape index (κ1) is 13.3. The number of carboxylic acids is 1. The molecule has 7 nitrogen and oxygen atoms in total. The fourth-order valence-electron chi connectivity index (χ4n) is 1.88. The van der Waals surface area contributed by atoms with Gasteiger partial charge in [-0.25, -0.2) is 9.78 Å². The number of carbonyl (C=O) groups is 1. The Labute approximate surface area is 123 Å². The molecule has 2 N–H and O–H groups in total. The summed E-state index contributed by atoms with van der Waals surface area (Å²) in [5.41, 5.74) is 3.24. The lowest BCUT2D eigenvalue weighted by Gasteiger charge is -2.05. The van der Waals surface area contributed by atoms with Crippen LogP contribution in [0.1, 0.15) is 16.1 Å². The molecule has 3 aromatic rings. The third-order valence-corrected chi connectivity index (χ3v) is 3.48. The number of anilines is 1. The summed E-state index contributed by atoms with van der Waals surface area (Å²) in [5.74, 6) is -0.965. The van der Waals surface area contributed by atoms with Crippen molar-refractivity contribution in [1.82, 2.24) is 19.7 Å². The Morgan fingerprint density at radius 2 is 2.24 bits per heavy atom. The minimum Gasteiger partial charge on any atom is -0.478 e. The van der Waals surface area contributed by atoms with Crippen LogP contribution >= 0.6 is 11.3 Å². The van der Waals surface area contributed by atoms with E-state index in [9.17, 15) is 9.90 Å². The largest absolute Gasteiger partial charge is 0.478 e. The molecule has 8 heteroatoms. The van der Waals surface area contributed by atoms with Crippen LogP contribution in [0, 0.1) is 0 Å². The van der Waals surface area contributed by atoms with Crippen LogP contribution < -0.4 is 5.32 Å². The normalized spacial score (nSPS) is 10.5. The van der Waals surface area contributed by atoms with E-state index in [2.05, 4.69) is 20.5 Å². The summed E-state index contributed by atoms with van der Waals surface area (Å²) in [6.07, 6.45) is 3.38. The molecule has 0 bridgehead atoms. The second-order valence-corrected chi connectivity index (χ2v) is 5.03. The molecule has 0 aliphatic rings. The van der Waals surface area contributed by atoms with Crippen molar-refractivity contribution in [2.24, 2.45) is 0 Å². The smallest absolute Gasteiger partial charge is 0.337 e. The molecule has 0 fully saturated rings. The molecular weight excluding hydrogens is 290 g/mol. The Morgan fingerprint density at radius 1 is 1.38 bits per heavy atom. The molecule has 2 heterocycles. The molecule has 0 aliphatic carbocycles. The number of imidazole rings is 1. The molecule has 0 aliphatic heterocycles. The Balaban J connectivity index is 1.80. The molecule has 2 aromatic heterocycles. The molecule has 0 atom stereocenters. The van der Waals surface area contributed by atoms with Gasteiger partial charge in [0, 0.05) is 6.20 Å². The highest BCUT2D eigenvalue weighted by Crippen LogP contribution is 2.16. The molecule has 1 aromatic carbocycles. The summed E-state index contributed by atoms with van der Waals surface area (Å²) in [5, 5.41) is 20.6. The van der Waals surface area contributed by atoms with E-state index in [1.54, 1.807) is 46.9 Å². The second kappa shape index (κ2) is 5.71. The summed E-state index contributed by atoms with van der Waals surface area (Å²) in [6.45, 7) is 0.497. The number of rotatable bonds is 5. The maximum atomic E-state index is 11.2. The Kier molecular flexibility index (Phi) is 3.61. The van der Waals surface area contributed by atoms with Crippen molar-refractivity contribution in [2.75, 3.05) is 5.32 Å². The van der Waals surface area contributed by atoms with E-state index in [4.69, 9.17) is 0 Å². The first-order valence-electron chi connectivity index (χ1n) is 6.09. The summed E-state index contributed by atoms with van der Waals surface area (Å²) >= 11 is 1.41. The third kappa shape index (κ3) is 2.90. The van der Waals surface area contributed by atoms with Gasteiger partial charge in [-0.2, -0.15) is 0 Å². The van der Waals surface area contributed by atoms with Crippen LogP contribution in [0.25, 0.3) is 5.69 Å². The van der Waals surface area contributed by atoms with Crippen molar-refractivity contribution in [3.63, 3.8) is 0 Å². The van der Waals surface area contributed by atoms with Gasteiger partial charge in [0.15, 0.2) is 0 Å². The zero-order chi connectivity index (χ0) is 14.7. The average Bonchev–Trinajstić information content (AvgIpc) is 3.16. The fourth-order valence-corrected chi connectivity index (χ4v) is 2.33. The fraction of sp³-hybridized carbons (Fsp3) is 0.0769. The summed E-state index contributed by atoms with van der Waals surface area (Å²) in [6, 6.07) is 6.80. The van der Waals surface area contributed by atoms with E-state index in [0.717, 1.165) is 10.8 Å². The van der Waals surface area contributed by atoms with E-state index >= 15 is 0 Å². The lowest BCUT2D eigenvalue weighted by molar-refractivity contribution is 0.0697. The van der Waals surface area contributed by atoms with Crippen LogP contribution in [-0.2, 0) is 6.54 Å². The Bertz CT molecular complexity index is 754. The van der Waals surface area contributed by atoms with Gasteiger partial charge in [-0.1, -0.05) is 23.5 Å². The number of hydrogen-bond donors (Lipinski definition) is 2. The molecule has 0 saturated carbocycles. The zero-order valence-electron chi connectivity index (χ0n) is 10.8. The highest BCUT2D eigenvalue weighted by atomic mass is 32.1. The minimum atomic E-state index is -0.965. The highest BCUT2D eigenvalue weighted by molar-refractivity contribution is 7.13. The topological polar surface area (TPSA) is 92.9 Å². The standard InChI is InChI=1S/C13H11N5O2S/c19-12(20)10-3-1-2-4-11(10)18-6-9(15-7-18)5-14-13-17-16-8-21-13/h1-4,6-8H,5H2,(H,14,17)(H,19,20). The number of carboxylic acid groups (broad SMARTS) is 1. The molecule has 21 heavy (non-hydrogen) atoms. The maximum Gasteiger partial charge on any atom is 0.337 e. The van der Waals surface area contributed by atoms with Gasteiger partial charge in [-0.05, 0) is 12.1 Å². The number of hydrogen-bond acceptors (Lipinski definition) is 6. The van der Waals surface area contributed by atoms with Crippen LogP contribution in [0.5, 0.6) is 0 Å². The molecule has 0 spiro atoms. The molecule has 0 unspecified atom stereocenters. The van der Waals surface area contributed by atoms with Crippen LogP contribution in [-0.4, -0.2) is 30.8 Å². The summed E-state index contributed by atoms with van der Waals surface area (Å²) in [7, 11) is 0. The van der Waals surface area contributed by atoms with Crippen LogP contribution in [0.15, 0.2) is 42.3 Å². The van der Waals surface area contributed by atoms with Gasteiger partial charge >= 0.3 is 5.97 Å². The van der Waals surface area contributed by atoms with Crippen molar-refractivity contribution in [2.45, 2.75) is 6.54 Å². The van der Waals surface area contributed by atoms with Crippen molar-refractivity contribution in [1.29, 1.82) is 0 Å². The maximum absolute atomic E-state index is 11.2. The van der Waals surface area contributed by atoms with Crippen LogP contribution in [0.2, 0.25) is 0 Å². The average molecular weight is 301 g/mol. The number of aromatic nitrogens is 4. The number of nitrogens with one attached hydrogen (secondary N) is 1. The van der Waals surface area contributed by atoms with Gasteiger partial charge in [0.1, 0.15) is 5.51 Å². The van der Waals surface area contributed by atoms with Gasteiger partial charge in [0.05, 0.1) is 29.8 Å².